The zero-order valence-electron chi connectivity index (χ0n) is 12.8. The lowest BCUT2D eigenvalue weighted by Gasteiger charge is -2.35. The molecule has 1 saturated carbocycles. The number of amides is 1. The molecule has 0 atom stereocenters. The van der Waals surface area contributed by atoms with Crippen LogP contribution in [0.3, 0.4) is 0 Å². The zero-order valence-corrected chi connectivity index (χ0v) is 13.6. The Kier molecular flexibility index (Phi) is 4.57. The van der Waals surface area contributed by atoms with E-state index in [9.17, 15) is 4.79 Å². The quantitative estimate of drug-likeness (QED) is 0.917. The molecule has 0 aliphatic heterocycles. The van der Waals surface area contributed by atoms with Gasteiger partial charge >= 0.3 is 0 Å². The van der Waals surface area contributed by atoms with Gasteiger partial charge in [0.15, 0.2) is 5.82 Å². The number of rotatable bonds is 5. The van der Waals surface area contributed by atoms with Crippen molar-refractivity contribution >= 4 is 17.2 Å². The first kappa shape index (κ1) is 15.2. The first-order valence-corrected chi connectivity index (χ1v) is 8.75. The fourth-order valence-electron chi connectivity index (χ4n) is 3.08. The van der Waals surface area contributed by atoms with Crippen molar-refractivity contribution in [3.8, 4) is 0 Å². The van der Waals surface area contributed by atoms with Crippen LogP contribution in [0, 0.1) is 6.92 Å². The summed E-state index contributed by atoms with van der Waals surface area (Å²) < 4.78 is 5.13. The van der Waals surface area contributed by atoms with Crippen LogP contribution >= 0.6 is 11.3 Å². The molecule has 1 N–H and O–H groups in total. The number of nitrogens with zero attached hydrogens (tertiary/aromatic N) is 2. The first-order valence-electron chi connectivity index (χ1n) is 7.81. The second kappa shape index (κ2) is 6.60. The second-order valence-electron chi connectivity index (χ2n) is 5.96. The van der Waals surface area contributed by atoms with E-state index < -0.39 is 5.54 Å². The second-order valence-corrected chi connectivity index (χ2v) is 6.74. The lowest BCUT2D eigenvalue weighted by atomic mass is 9.81. The normalized spacial score (nSPS) is 17.3. The van der Waals surface area contributed by atoms with E-state index in [4.69, 9.17) is 4.52 Å². The molecule has 0 spiro atoms. The van der Waals surface area contributed by atoms with Crippen molar-refractivity contribution in [1.29, 1.82) is 0 Å². The van der Waals surface area contributed by atoms with Crippen LogP contribution in [0.2, 0.25) is 0 Å². The van der Waals surface area contributed by atoms with Gasteiger partial charge in [-0.1, -0.05) is 24.4 Å². The van der Waals surface area contributed by atoms with Crippen molar-refractivity contribution in [2.75, 3.05) is 0 Å². The molecule has 0 bridgehead atoms. The molecule has 3 rings (SSSR count). The molecule has 22 heavy (non-hydrogen) atoms. The highest BCUT2D eigenvalue weighted by molar-refractivity contribution is 7.07. The summed E-state index contributed by atoms with van der Waals surface area (Å²) >= 11 is 1.66. The molecular weight excluding hydrogens is 298 g/mol. The Morgan fingerprint density at radius 1 is 1.41 bits per heavy atom. The Labute approximate surface area is 134 Å². The predicted molar refractivity (Wildman–Crippen MR) is 84.6 cm³/mol. The highest BCUT2D eigenvalue weighted by Crippen LogP contribution is 2.35. The fourth-order valence-corrected chi connectivity index (χ4v) is 3.78. The minimum absolute atomic E-state index is 0.0653. The minimum Gasteiger partial charge on any atom is -0.343 e. The summed E-state index contributed by atoms with van der Waals surface area (Å²) in [4.78, 5) is 16.8. The van der Waals surface area contributed by atoms with Crippen LogP contribution in [0.15, 0.2) is 21.3 Å². The van der Waals surface area contributed by atoms with Gasteiger partial charge in [0.05, 0.1) is 0 Å². The van der Waals surface area contributed by atoms with Gasteiger partial charge < -0.3 is 9.84 Å². The molecule has 1 amide bonds. The maximum absolute atomic E-state index is 12.4. The Bertz CT molecular complexity index is 615. The topological polar surface area (TPSA) is 68.0 Å². The first-order chi connectivity index (χ1) is 10.7. The average molecular weight is 319 g/mol. The minimum atomic E-state index is -0.443. The number of hydrogen-bond acceptors (Lipinski definition) is 5. The van der Waals surface area contributed by atoms with E-state index in [1.54, 1.807) is 18.3 Å². The van der Waals surface area contributed by atoms with Gasteiger partial charge in [0.1, 0.15) is 5.54 Å². The Morgan fingerprint density at radius 2 is 2.23 bits per heavy atom. The van der Waals surface area contributed by atoms with E-state index in [-0.39, 0.29) is 5.91 Å². The van der Waals surface area contributed by atoms with Gasteiger partial charge in [0.2, 0.25) is 11.8 Å². The van der Waals surface area contributed by atoms with Crippen LogP contribution in [0.5, 0.6) is 0 Å². The number of thiophene rings is 1. The van der Waals surface area contributed by atoms with E-state index in [0.717, 1.165) is 32.1 Å². The van der Waals surface area contributed by atoms with E-state index in [1.165, 1.54) is 12.0 Å². The highest BCUT2D eigenvalue weighted by atomic mass is 32.1. The summed E-state index contributed by atoms with van der Waals surface area (Å²) in [5, 5.41) is 11.4. The molecule has 1 fully saturated rings. The molecule has 2 aromatic rings. The third-order valence-corrected chi connectivity index (χ3v) is 4.99. The third-order valence-electron chi connectivity index (χ3n) is 4.26. The van der Waals surface area contributed by atoms with Crippen LogP contribution in [0.1, 0.15) is 55.8 Å². The summed E-state index contributed by atoms with van der Waals surface area (Å²) in [6, 6.07) is 2.07. The van der Waals surface area contributed by atoms with Gasteiger partial charge in [-0.25, -0.2) is 0 Å². The Balaban J connectivity index is 1.68. The van der Waals surface area contributed by atoms with Crippen LogP contribution in [0.25, 0.3) is 0 Å². The molecule has 1 aliphatic carbocycles. The number of carbonyl (C=O) groups is 1. The zero-order chi connectivity index (χ0) is 15.4. The predicted octanol–water partition coefficient (Wildman–Crippen LogP) is 3.35. The van der Waals surface area contributed by atoms with E-state index >= 15 is 0 Å². The van der Waals surface area contributed by atoms with Gasteiger partial charge in [-0.2, -0.15) is 16.3 Å². The number of carbonyl (C=O) groups excluding carboxylic acids is 1. The van der Waals surface area contributed by atoms with Crippen molar-refractivity contribution in [2.24, 2.45) is 0 Å². The van der Waals surface area contributed by atoms with Crippen molar-refractivity contribution in [2.45, 2.75) is 57.4 Å². The molecule has 0 saturated heterocycles. The summed E-state index contributed by atoms with van der Waals surface area (Å²) in [5.41, 5.74) is 0.773. The molecule has 2 heterocycles. The Hall–Kier alpha value is -1.69. The highest BCUT2D eigenvalue weighted by Gasteiger charge is 2.39. The van der Waals surface area contributed by atoms with E-state index in [1.807, 2.05) is 5.38 Å². The largest absolute Gasteiger partial charge is 0.343 e. The summed E-state index contributed by atoms with van der Waals surface area (Å²) in [6.07, 6.45) is 6.40. The molecular formula is C16H21N3O2S. The van der Waals surface area contributed by atoms with Crippen molar-refractivity contribution in [3.63, 3.8) is 0 Å². The third kappa shape index (κ3) is 3.38. The maximum atomic E-state index is 12.4. The van der Waals surface area contributed by atoms with Crippen LogP contribution in [0.4, 0.5) is 0 Å². The van der Waals surface area contributed by atoms with Crippen LogP contribution in [-0.2, 0) is 16.8 Å². The molecule has 5 nitrogen and oxygen atoms in total. The monoisotopic (exact) mass is 319 g/mol. The van der Waals surface area contributed by atoms with Crippen molar-refractivity contribution < 1.29 is 9.32 Å². The molecule has 6 heteroatoms. The van der Waals surface area contributed by atoms with Gasteiger partial charge in [-0.05, 0) is 41.7 Å². The standard InChI is InChI=1S/C16H21N3O2S/c1-12-17-15(19-21-12)16(8-3-2-4-9-16)18-14(20)6-5-13-7-10-22-11-13/h7,10-11H,2-6,8-9H2,1H3,(H,18,20). The lowest BCUT2D eigenvalue weighted by molar-refractivity contribution is -0.123. The van der Waals surface area contributed by atoms with Gasteiger partial charge in [-0.15, -0.1) is 0 Å². The van der Waals surface area contributed by atoms with Gasteiger partial charge in [-0.3, -0.25) is 4.79 Å². The van der Waals surface area contributed by atoms with Gasteiger partial charge in [0.25, 0.3) is 0 Å². The Morgan fingerprint density at radius 3 is 2.86 bits per heavy atom. The number of hydrogen-bond donors (Lipinski definition) is 1. The van der Waals surface area contributed by atoms with Crippen molar-refractivity contribution in [1.82, 2.24) is 15.5 Å². The molecule has 1 aliphatic rings. The molecule has 0 radical (unpaired) electrons. The van der Waals surface area contributed by atoms with E-state index in [0.29, 0.717) is 18.1 Å². The molecule has 2 aromatic heterocycles. The summed E-state index contributed by atoms with van der Waals surface area (Å²) in [6.45, 7) is 1.78. The smallest absolute Gasteiger partial charge is 0.223 e. The number of nitrogens with one attached hydrogen (secondary N) is 1. The fraction of sp³-hybridized carbons (Fsp3) is 0.562. The number of aryl methyl sites for hydroxylation is 2. The SMILES string of the molecule is Cc1nc(C2(NC(=O)CCc3ccsc3)CCCCC2)no1. The molecule has 0 unspecified atom stereocenters. The summed E-state index contributed by atoms with van der Waals surface area (Å²) in [7, 11) is 0. The number of aromatic nitrogens is 2. The van der Waals surface area contributed by atoms with Crippen molar-refractivity contribution in [3.05, 3.63) is 34.1 Å². The van der Waals surface area contributed by atoms with Gasteiger partial charge in [0, 0.05) is 13.3 Å². The molecule has 0 aromatic carbocycles. The lowest BCUT2D eigenvalue weighted by Crippen LogP contribution is -2.48. The van der Waals surface area contributed by atoms with Crippen LogP contribution < -0.4 is 5.32 Å². The average Bonchev–Trinajstić information content (AvgIpc) is 3.17. The molecule has 118 valence electrons. The van der Waals surface area contributed by atoms with E-state index in [2.05, 4.69) is 26.9 Å². The summed E-state index contributed by atoms with van der Waals surface area (Å²) in [5.74, 6) is 1.25. The van der Waals surface area contributed by atoms with Crippen LogP contribution in [-0.4, -0.2) is 16.0 Å². The maximum Gasteiger partial charge on any atom is 0.223 e.